The van der Waals surface area contributed by atoms with Crippen molar-refractivity contribution in [3.05, 3.63) is 86.1 Å². The molecule has 0 radical (unpaired) electrons. The molecule has 0 bridgehead atoms. The molecule has 0 aliphatic carbocycles. The first-order valence-electron chi connectivity index (χ1n) is 10.9. The van der Waals surface area contributed by atoms with Gasteiger partial charge in [-0.05, 0) is 35.4 Å². The Hall–Kier alpha value is -3.04. The number of imide groups is 1. The van der Waals surface area contributed by atoms with E-state index < -0.39 is 5.91 Å². The number of halogens is 1. The quantitative estimate of drug-likeness (QED) is 0.516. The summed E-state index contributed by atoms with van der Waals surface area (Å²) in [6.07, 6.45) is 0. The number of ether oxygens (including phenoxy) is 1. The molecule has 2 aliphatic heterocycles. The molecule has 2 aromatic carbocycles. The number of carbonyl (C=O) groups excluding carboxylic acids is 3. The van der Waals surface area contributed by atoms with Crippen LogP contribution in [0, 0.1) is 0 Å². The van der Waals surface area contributed by atoms with E-state index in [1.807, 2.05) is 24.3 Å². The van der Waals surface area contributed by atoms with E-state index in [2.05, 4.69) is 10.2 Å². The molecule has 1 N–H and O–H groups in total. The fourth-order valence-electron chi connectivity index (χ4n) is 4.23. The van der Waals surface area contributed by atoms with Gasteiger partial charge in [-0.3, -0.25) is 24.2 Å². The van der Waals surface area contributed by atoms with Crippen molar-refractivity contribution in [2.45, 2.75) is 13.1 Å². The van der Waals surface area contributed by atoms with Gasteiger partial charge in [-0.15, -0.1) is 11.3 Å². The summed E-state index contributed by atoms with van der Waals surface area (Å²) in [5.74, 6) is -1.16. The molecule has 1 fully saturated rings. The number of nitrogens with zero attached hydrogens (tertiary/aromatic N) is 2. The molecule has 2 aliphatic rings. The van der Waals surface area contributed by atoms with Crippen LogP contribution in [0.2, 0.25) is 4.34 Å². The summed E-state index contributed by atoms with van der Waals surface area (Å²) >= 11 is 7.08. The SMILES string of the molecule is O=C(Nc1cccc2c1C(=O)N(Cc1cccc(CN3CCOCC3)c1)C2=O)c1ccc(Cl)s1. The molecular formula is C25H22ClN3O4S. The van der Waals surface area contributed by atoms with E-state index >= 15 is 0 Å². The van der Waals surface area contributed by atoms with Gasteiger partial charge in [-0.1, -0.05) is 41.9 Å². The van der Waals surface area contributed by atoms with E-state index in [-0.39, 0.29) is 29.5 Å². The summed E-state index contributed by atoms with van der Waals surface area (Å²) in [4.78, 5) is 42.9. The summed E-state index contributed by atoms with van der Waals surface area (Å²) < 4.78 is 5.91. The van der Waals surface area contributed by atoms with Gasteiger partial charge in [0, 0.05) is 19.6 Å². The number of amides is 3. The summed E-state index contributed by atoms with van der Waals surface area (Å²) in [6, 6.07) is 16.1. The third-order valence-electron chi connectivity index (χ3n) is 5.89. The first kappa shape index (κ1) is 22.7. The lowest BCUT2D eigenvalue weighted by atomic mass is 10.1. The van der Waals surface area contributed by atoms with E-state index in [1.165, 1.54) is 4.90 Å². The average Bonchev–Trinajstić information content (AvgIpc) is 3.38. The van der Waals surface area contributed by atoms with Crippen LogP contribution in [-0.4, -0.2) is 53.8 Å². The average molecular weight is 496 g/mol. The third kappa shape index (κ3) is 4.63. The van der Waals surface area contributed by atoms with Crippen molar-refractivity contribution in [3.8, 4) is 0 Å². The molecule has 3 aromatic rings. The number of rotatable bonds is 6. The number of benzene rings is 2. The Morgan fingerprint density at radius 3 is 2.44 bits per heavy atom. The van der Waals surface area contributed by atoms with Crippen molar-refractivity contribution in [1.82, 2.24) is 9.80 Å². The molecule has 174 valence electrons. The van der Waals surface area contributed by atoms with Crippen molar-refractivity contribution in [2.24, 2.45) is 0 Å². The zero-order valence-electron chi connectivity index (χ0n) is 18.3. The van der Waals surface area contributed by atoms with Crippen LogP contribution in [0.25, 0.3) is 0 Å². The summed E-state index contributed by atoms with van der Waals surface area (Å²) in [6.45, 7) is 4.18. The maximum atomic E-state index is 13.3. The molecule has 5 rings (SSSR count). The molecule has 34 heavy (non-hydrogen) atoms. The molecular weight excluding hydrogens is 474 g/mol. The van der Waals surface area contributed by atoms with Gasteiger partial charge in [0.25, 0.3) is 17.7 Å². The van der Waals surface area contributed by atoms with Crippen molar-refractivity contribution in [1.29, 1.82) is 0 Å². The van der Waals surface area contributed by atoms with Crippen LogP contribution in [-0.2, 0) is 17.8 Å². The first-order valence-corrected chi connectivity index (χ1v) is 12.1. The van der Waals surface area contributed by atoms with Gasteiger partial charge >= 0.3 is 0 Å². The zero-order chi connectivity index (χ0) is 23.7. The summed E-state index contributed by atoms with van der Waals surface area (Å²) in [7, 11) is 0. The molecule has 0 spiro atoms. The highest BCUT2D eigenvalue weighted by molar-refractivity contribution is 7.18. The van der Waals surface area contributed by atoms with Crippen LogP contribution < -0.4 is 5.32 Å². The Kier molecular flexibility index (Phi) is 6.47. The molecule has 1 aromatic heterocycles. The van der Waals surface area contributed by atoms with Crippen LogP contribution in [0.1, 0.15) is 41.5 Å². The van der Waals surface area contributed by atoms with Crippen molar-refractivity contribution < 1.29 is 19.1 Å². The molecule has 0 unspecified atom stereocenters. The van der Waals surface area contributed by atoms with Crippen LogP contribution in [0.4, 0.5) is 5.69 Å². The fourth-order valence-corrected chi connectivity index (χ4v) is 5.17. The highest BCUT2D eigenvalue weighted by atomic mass is 35.5. The highest BCUT2D eigenvalue weighted by Crippen LogP contribution is 2.31. The zero-order valence-corrected chi connectivity index (χ0v) is 19.8. The maximum Gasteiger partial charge on any atom is 0.265 e. The smallest absolute Gasteiger partial charge is 0.265 e. The number of anilines is 1. The molecule has 7 nitrogen and oxygen atoms in total. The molecule has 0 atom stereocenters. The van der Waals surface area contributed by atoms with Crippen LogP contribution >= 0.6 is 22.9 Å². The van der Waals surface area contributed by atoms with E-state index in [0.717, 1.165) is 55.3 Å². The number of morpholine rings is 1. The van der Waals surface area contributed by atoms with Crippen molar-refractivity contribution in [3.63, 3.8) is 0 Å². The van der Waals surface area contributed by atoms with Crippen molar-refractivity contribution in [2.75, 3.05) is 31.6 Å². The Balaban J connectivity index is 1.33. The number of hydrogen-bond donors (Lipinski definition) is 1. The third-order valence-corrected chi connectivity index (χ3v) is 7.12. The normalized spacial score (nSPS) is 16.1. The van der Waals surface area contributed by atoms with Gasteiger partial charge in [-0.2, -0.15) is 0 Å². The van der Waals surface area contributed by atoms with Gasteiger partial charge in [0.1, 0.15) is 0 Å². The van der Waals surface area contributed by atoms with Crippen LogP contribution in [0.3, 0.4) is 0 Å². The molecule has 9 heteroatoms. The monoisotopic (exact) mass is 495 g/mol. The lowest BCUT2D eigenvalue weighted by Gasteiger charge is -2.26. The predicted octanol–water partition coefficient (Wildman–Crippen LogP) is 4.28. The fraction of sp³-hybridized carbons (Fsp3) is 0.240. The van der Waals surface area contributed by atoms with Gasteiger partial charge in [0.05, 0.1) is 45.8 Å². The van der Waals surface area contributed by atoms with Gasteiger partial charge in [0.2, 0.25) is 0 Å². The minimum Gasteiger partial charge on any atom is -0.379 e. The van der Waals surface area contributed by atoms with E-state index in [0.29, 0.717) is 14.9 Å². The number of carbonyl (C=O) groups is 3. The predicted molar refractivity (Wildman–Crippen MR) is 130 cm³/mol. The number of nitrogens with one attached hydrogen (secondary N) is 1. The van der Waals surface area contributed by atoms with Crippen LogP contribution in [0.15, 0.2) is 54.6 Å². The Morgan fingerprint density at radius 1 is 0.971 bits per heavy atom. The number of hydrogen-bond acceptors (Lipinski definition) is 6. The molecule has 1 saturated heterocycles. The minimum absolute atomic E-state index is 0.164. The lowest BCUT2D eigenvalue weighted by molar-refractivity contribution is 0.0341. The highest BCUT2D eigenvalue weighted by Gasteiger charge is 2.37. The number of thiophene rings is 1. The molecule has 0 saturated carbocycles. The topological polar surface area (TPSA) is 79.0 Å². The summed E-state index contributed by atoms with van der Waals surface area (Å²) in [5, 5.41) is 2.76. The standard InChI is InChI=1S/C25H22ClN3O4S/c26-21-8-7-20(34-21)23(30)27-19-6-2-5-18-22(19)25(32)29(24(18)31)15-17-4-1-3-16(13-17)14-28-9-11-33-12-10-28/h1-8,13H,9-12,14-15H2,(H,27,30). The van der Waals surface area contributed by atoms with E-state index in [9.17, 15) is 14.4 Å². The summed E-state index contributed by atoms with van der Waals surface area (Å²) in [5.41, 5.74) is 2.82. The second-order valence-corrected chi connectivity index (χ2v) is 9.91. The molecule has 3 amide bonds. The lowest BCUT2D eigenvalue weighted by Crippen LogP contribution is -2.35. The largest absolute Gasteiger partial charge is 0.379 e. The van der Waals surface area contributed by atoms with Gasteiger partial charge < -0.3 is 10.1 Å². The van der Waals surface area contributed by atoms with E-state index in [4.69, 9.17) is 16.3 Å². The second-order valence-electron chi connectivity index (χ2n) is 8.19. The van der Waals surface area contributed by atoms with Crippen LogP contribution in [0.5, 0.6) is 0 Å². The molecule has 3 heterocycles. The number of fused-ring (bicyclic) bond motifs is 1. The Morgan fingerprint density at radius 2 is 1.71 bits per heavy atom. The van der Waals surface area contributed by atoms with Gasteiger partial charge in [-0.25, -0.2) is 0 Å². The second kappa shape index (κ2) is 9.68. The van der Waals surface area contributed by atoms with E-state index in [1.54, 1.807) is 30.3 Å². The van der Waals surface area contributed by atoms with Crippen molar-refractivity contribution >= 4 is 46.3 Å². The first-order chi connectivity index (χ1) is 16.5. The maximum absolute atomic E-state index is 13.3. The minimum atomic E-state index is -0.418. The Bertz CT molecular complexity index is 1270. The Labute approximate surface area is 205 Å². The van der Waals surface area contributed by atoms with Gasteiger partial charge in [0.15, 0.2) is 0 Å².